The quantitative estimate of drug-likeness (QED) is 0.0254. The van der Waals surface area contributed by atoms with Crippen molar-refractivity contribution in [1.82, 2.24) is 37.2 Å². The molecule has 21 nitrogen and oxygen atoms in total. The first-order valence-corrected chi connectivity index (χ1v) is 35.9. The number of carbonyl (C=O) groups is 7. The fraction of sp³-hybridized carbons (Fsp3) is 0.892. The second-order valence-corrected chi connectivity index (χ2v) is 25.0. The molecule has 0 aromatic rings. The van der Waals surface area contributed by atoms with Crippen molar-refractivity contribution in [1.29, 1.82) is 0 Å². The first kappa shape index (κ1) is 83.2. The zero-order chi connectivity index (χ0) is 64.2. The summed E-state index contributed by atoms with van der Waals surface area (Å²) in [7, 11) is 0. The largest absolute Gasteiger partial charge is 0.480 e. The van der Waals surface area contributed by atoms with Crippen LogP contribution in [-0.2, 0) is 33.5 Å². The van der Waals surface area contributed by atoms with Crippen LogP contribution in [0.2, 0.25) is 0 Å². The van der Waals surface area contributed by atoms with Crippen LogP contribution in [0.25, 0.3) is 0 Å². The Morgan fingerprint density at radius 2 is 0.690 bits per heavy atom. The van der Waals surface area contributed by atoms with Gasteiger partial charge in [-0.2, -0.15) is 11.8 Å². The molecule has 510 valence electrons. The predicted molar refractivity (Wildman–Crippen MR) is 355 cm³/mol. The van der Waals surface area contributed by atoms with Crippen LogP contribution in [0.1, 0.15) is 271 Å². The van der Waals surface area contributed by atoms with Crippen molar-refractivity contribution in [3.05, 3.63) is 0 Å². The van der Waals surface area contributed by atoms with E-state index in [1.165, 1.54) is 147 Å². The van der Waals surface area contributed by atoms with E-state index in [1.54, 1.807) is 0 Å². The number of aliphatic carboxylic acids is 1. The molecule has 0 bridgehead atoms. The number of aliphatic hydroxyl groups excluding tert-OH is 1. The Hall–Kier alpha value is -3.80. The van der Waals surface area contributed by atoms with Crippen molar-refractivity contribution >= 4 is 53.4 Å². The number of thioether (sulfide) groups is 1. The summed E-state index contributed by atoms with van der Waals surface area (Å²) >= 11 is 1.45. The van der Waals surface area contributed by atoms with Gasteiger partial charge >= 0.3 is 12.1 Å². The summed E-state index contributed by atoms with van der Waals surface area (Å²) in [5, 5.41) is 40.1. The summed E-state index contributed by atoms with van der Waals surface area (Å²) in [6, 6.07) is -6.93. The molecule has 0 saturated heterocycles. The monoisotopic (exact) mass is 1260 g/mol. The van der Waals surface area contributed by atoms with Crippen molar-refractivity contribution in [3.63, 3.8) is 0 Å². The molecule has 0 spiro atoms. The number of ether oxygens (including phenoxy) is 1. The fourth-order valence-corrected chi connectivity index (χ4v) is 11.3. The number of hydrogen-bond donors (Lipinski definition) is 13. The molecule has 6 amide bonds. The average molecular weight is 1260 g/mol. The number of carboxylic acids is 1. The van der Waals surface area contributed by atoms with Crippen molar-refractivity contribution in [2.24, 2.45) is 22.9 Å². The highest BCUT2D eigenvalue weighted by Gasteiger charge is 2.33. The smallest absolute Gasteiger partial charge is 0.407 e. The number of amides is 6. The number of carboxylic acid groups (broad SMARTS) is 1. The normalized spacial score (nSPS) is 13.4. The minimum Gasteiger partial charge on any atom is -0.480 e. The number of aliphatic hydroxyl groups is 1. The van der Waals surface area contributed by atoms with Gasteiger partial charge in [-0.05, 0) is 123 Å². The Morgan fingerprint density at radius 1 is 0.379 bits per heavy atom. The lowest BCUT2D eigenvalue weighted by Crippen LogP contribution is -2.60. The van der Waals surface area contributed by atoms with Crippen molar-refractivity contribution in [3.8, 4) is 0 Å². The van der Waals surface area contributed by atoms with E-state index >= 15 is 0 Å². The van der Waals surface area contributed by atoms with Crippen molar-refractivity contribution in [2.45, 2.75) is 307 Å². The van der Waals surface area contributed by atoms with Crippen LogP contribution in [0.5, 0.6) is 0 Å². The van der Waals surface area contributed by atoms with Crippen LogP contribution >= 0.6 is 11.8 Å². The van der Waals surface area contributed by atoms with E-state index in [0.717, 1.165) is 44.9 Å². The van der Waals surface area contributed by atoms with Crippen LogP contribution in [-0.4, -0.2) is 152 Å². The molecule has 0 aliphatic heterocycles. The van der Waals surface area contributed by atoms with E-state index in [-0.39, 0.29) is 25.7 Å². The molecule has 0 heterocycles. The topological polar surface area (TPSA) is 357 Å². The molecule has 22 heteroatoms. The van der Waals surface area contributed by atoms with Gasteiger partial charge in [0.15, 0.2) is 0 Å². The van der Waals surface area contributed by atoms with Crippen LogP contribution in [0.3, 0.4) is 0 Å². The van der Waals surface area contributed by atoms with Crippen LogP contribution in [0.4, 0.5) is 4.79 Å². The molecule has 0 fully saturated rings. The molecule has 87 heavy (non-hydrogen) atoms. The van der Waals surface area contributed by atoms with Gasteiger partial charge in [-0.1, -0.05) is 181 Å². The number of nitrogens with one attached hydrogen (secondary N) is 7. The Labute approximate surface area is 530 Å². The summed E-state index contributed by atoms with van der Waals surface area (Å²) in [5.74, 6) is -3.83. The Bertz CT molecular complexity index is 1710. The van der Waals surface area contributed by atoms with Crippen LogP contribution < -0.4 is 60.2 Å². The molecule has 0 aliphatic carbocycles. The van der Waals surface area contributed by atoms with E-state index in [0.29, 0.717) is 109 Å². The van der Waals surface area contributed by atoms with Gasteiger partial charge in [0.25, 0.3) is 0 Å². The maximum absolute atomic E-state index is 14.2. The van der Waals surface area contributed by atoms with E-state index in [9.17, 15) is 43.8 Å². The Kier molecular flexibility index (Phi) is 58.4. The number of alkyl carbamates (subject to hydrolysis) is 1. The first-order valence-electron chi connectivity index (χ1n) is 34.7. The van der Waals surface area contributed by atoms with Crippen molar-refractivity contribution < 1.29 is 48.5 Å². The number of unbranched alkanes of at least 4 members (excludes halogenated alkanes) is 30. The van der Waals surface area contributed by atoms with E-state index in [1.807, 2.05) is 0 Å². The maximum Gasteiger partial charge on any atom is 0.407 e. The minimum absolute atomic E-state index is 0.115. The summed E-state index contributed by atoms with van der Waals surface area (Å²) in [6.45, 7) is 6.31. The van der Waals surface area contributed by atoms with E-state index in [4.69, 9.17) is 27.7 Å². The SMILES string of the molecule is CCCCCCCCCCCCCCCCNC(CSCCNC(=O)OCCCCCCCCCCCCCCCC)C(=O)NC(CO)C(=O)NC(CCCCN)C(=O)NC(CCCCN)C(=O)NC(CCCCN)C(=O)NC(CCCCN)C(=O)O. The van der Waals surface area contributed by atoms with Crippen LogP contribution in [0, 0.1) is 0 Å². The number of nitrogens with two attached hydrogens (primary N) is 4. The highest BCUT2D eigenvalue weighted by Crippen LogP contribution is 2.16. The lowest BCUT2D eigenvalue weighted by Gasteiger charge is -2.27. The fourth-order valence-electron chi connectivity index (χ4n) is 10.4. The van der Waals surface area contributed by atoms with Gasteiger partial charge in [0.05, 0.1) is 19.3 Å². The van der Waals surface area contributed by atoms with Crippen LogP contribution in [0.15, 0.2) is 0 Å². The molecule has 6 unspecified atom stereocenters. The second kappa shape index (κ2) is 61.1. The van der Waals surface area contributed by atoms with Gasteiger partial charge < -0.3 is 75.1 Å². The lowest BCUT2D eigenvalue weighted by atomic mass is 10.0. The molecular formula is C65H129N11O10S. The number of hydrogen-bond acceptors (Lipinski definition) is 15. The third-order valence-corrected chi connectivity index (χ3v) is 16.9. The van der Waals surface area contributed by atoms with E-state index < -0.39 is 84.5 Å². The Morgan fingerprint density at radius 3 is 1.05 bits per heavy atom. The molecule has 0 aromatic heterocycles. The standard InChI is InChI=1S/C65H129N11O10S/c1-3-5-7-9-11-13-15-17-19-21-23-25-27-37-47-70-58(52-87-50-48-71-65(85)86-49-38-28-26-24-22-20-18-16-14-12-10-8-6-4-2)63(82)76-57(51-77)62(81)74-54(40-30-34-44-67)60(79)72-53(39-29-33-43-66)59(78)73-55(41-31-35-45-68)61(80)75-56(64(83)84)42-32-36-46-69/h53-58,70,77H,3-52,66-69H2,1-2H3,(H,71,85)(H,72,79)(H,73,78)(H,74,81)(H,75,80)(H,76,82)(H,83,84). The molecule has 17 N–H and O–H groups in total. The highest BCUT2D eigenvalue weighted by molar-refractivity contribution is 7.99. The highest BCUT2D eigenvalue weighted by atomic mass is 32.2. The van der Waals surface area contributed by atoms with E-state index in [2.05, 4.69) is 51.1 Å². The Balaban J connectivity index is 5.81. The van der Waals surface area contributed by atoms with Crippen molar-refractivity contribution in [2.75, 3.05) is 64.0 Å². The molecule has 6 atom stereocenters. The first-order chi connectivity index (χ1) is 42.3. The molecule has 0 aliphatic rings. The lowest BCUT2D eigenvalue weighted by molar-refractivity contribution is -0.142. The molecule has 0 radical (unpaired) electrons. The summed E-state index contributed by atoms with van der Waals surface area (Å²) in [6.07, 6.45) is 38.5. The zero-order valence-corrected chi connectivity index (χ0v) is 55.5. The van der Waals surface area contributed by atoms with Gasteiger partial charge in [-0.15, -0.1) is 0 Å². The number of rotatable bonds is 64. The molecule has 0 aromatic carbocycles. The average Bonchev–Trinajstić information content (AvgIpc) is 3.55. The zero-order valence-electron chi connectivity index (χ0n) is 54.7. The predicted octanol–water partition coefficient (Wildman–Crippen LogP) is 8.38. The summed E-state index contributed by atoms with van der Waals surface area (Å²) in [4.78, 5) is 94.5. The summed E-state index contributed by atoms with van der Waals surface area (Å²) < 4.78 is 5.43. The van der Waals surface area contributed by atoms with Gasteiger partial charge in [0.1, 0.15) is 30.2 Å². The number of carbonyl (C=O) groups excluding carboxylic acids is 6. The van der Waals surface area contributed by atoms with Gasteiger partial charge in [-0.3, -0.25) is 24.0 Å². The molecular weight excluding hydrogens is 1130 g/mol. The maximum atomic E-state index is 14.2. The minimum atomic E-state index is -1.44. The second-order valence-electron chi connectivity index (χ2n) is 23.8. The van der Waals surface area contributed by atoms with Gasteiger partial charge in [0, 0.05) is 18.1 Å². The third-order valence-electron chi connectivity index (χ3n) is 15.9. The third kappa shape index (κ3) is 48.7. The van der Waals surface area contributed by atoms with Gasteiger partial charge in [-0.25, -0.2) is 9.59 Å². The summed E-state index contributed by atoms with van der Waals surface area (Å²) in [5.41, 5.74) is 22.9. The van der Waals surface area contributed by atoms with Gasteiger partial charge in [0.2, 0.25) is 29.5 Å². The molecule has 0 rings (SSSR count). The molecule has 0 saturated carbocycles.